The van der Waals surface area contributed by atoms with E-state index in [4.69, 9.17) is 0 Å². The minimum absolute atomic E-state index is 0.00200. The van der Waals surface area contributed by atoms with Gasteiger partial charge in [-0.1, -0.05) is 18.2 Å². The average molecular weight is 308 g/mol. The smallest absolute Gasteiger partial charge is 0.224 e. The van der Waals surface area contributed by atoms with Crippen LogP contribution in [-0.4, -0.2) is 45.5 Å². The molecule has 1 saturated heterocycles. The van der Waals surface area contributed by atoms with Gasteiger partial charge in [-0.05, 0) is 24.5 Å². The van der Waals surface area contributed by atoms with Gasteiger partial charge in [0.25, 0.3) is 0 Å². The van der Waals surface area contributed by atoms with Gasteiger partial charge in [0.15, 0.2) is 9.84 Å². The number of sulfone groups is 1. The molecule has 0 saturated carbocycles. The number of amides is 1. The summed E-state index contributed by atoms with van der Waals surface area (Å²) in [7, 11) is -1.00. The van der Waals surface area contributed by atoms with Gasteiger partial charge in [0.1, 0.15) is 0 Å². The summed E-state index contributed by atoms with van der Waals surface area (Å²) in [5.74, 6) is -0.359. The lowest BCUT2D eigenvalue weighted by atomic mass is 9.97. The van der Waals surface area contributed by atoms with Crippen molar-refractivity contribution in [1.29, 1.82) is 0 Å². The highest BCUT2D eigenvalue weighted by molar-refractivity contribution is 7.91. The predicted octanol–water partition coefficient (Wildman–Crippen LogP) is 0.598. The maximum Gasteiger partial charge on any atom is 0.224 e. The number of hydrogen-bond donors (Lipinski definition) is 1. The first-order chi connectivity index (χ1) is 9.94. The Morgan fingerprint density at radius 1 is 1.33 bits per heavy atom. The average Bonchev–Trinajstić information content (AvgIpc) is 2.79. The topological polar surface area (TPSA) is 66.5 Å². The van der Waals surface area contributed by atoms with Crippen LogP contribution in [0.2, 0.25) is 0 Å². The molecule has 0 unspecified atom stereocenters. The largest absolute Gasteiger partial charge is 0.372 e. The number of carbonyl (C=O) groups excluding carboxylic acids is 1. The van der Waals surface area contributed by atoms with E-state index >= 15 is 0 Å². The van der Waals surface area contributed by atoms with Crippen LogP contribution in [0.15, 0.2) is 24.3 Å². The molecule has 6 heteroatoms. The van der Waals surface area contributed by atoms with E-state index in [0.717, 1.165) is 13.0 Å². The Bertz CT molecular complexity index is 657. The first-order valence-electron chi connectivity index (χ1n) is 7.24. The van der Waals surface area contributed by atoms with Gasteiger partial charge >= 0.3 is 0 Å². The zero-order valence-electron chi connectivity index (χ0n) is 12.1. The lowest BCUT2D eigenvalue weighted by Gasteiger charge is -2.34. The second kappa shape index (κ2) is 5.33. The monoisotopic (exact) mass is 308 g/mol. The fraction of sp³-hybridized carbons (Fsp3) is 0.533. The lowest BCUT2D eigenvalue weighted by molar-refractivity contribution is -0.124. The third-order valence-electron chi connectivity index (χ3n) is 4.31. The summed E-state index contributed by atoms with van der Waals surface area (Å²) < 4.78 is 22.9. The fourth-order valence-electron chi connectivity index (χ4n) is 3.23. The predicted molar refractivity (Wildman–Crippen MR) is 82.1 cm³/mol. The Balaban J connectivity index is 1.66. The number of likely N-dealkylation sites (N-methyl/N-ethyl adjacent to an activating group) is 1. The van der Waals surface area contributed by atoms with Gasteiger partial charge in [-0.2, -0.15) is 0 Å². The SMILES string of the molecule is CN1C[C@@H](NC(=O)[C@H]2CCS(=O)(=O)C2)Cc2ccccc21. The molecule has 2 aliphatic rings. The van der Waals surface area contributed by atoms with Crippen molar-refractivity contribution in [1.82, 2.24) is 5.32 Å². The summed E-state index contributed by atoms with van der Waals surface area (Å²) in [4.78, 5) is 14.4. The normalized spacial score (nSPS) is 27.2. The molecule has 0 aromatic heterocycles. The van der Waals surface area contributed by atoms with Crippen LogP contribution in [0.3, 0.4) is 0 Å². The number of fused-ring (bicyclic) bond motifs is 1. The molecule has 1 fully saturated rings. The van der Waals surface area contributed by atoms with E-state index in [1.807, 2.05) is 19.2 Å². The second-order valence-corrected chi connectivity index (χ2v) is 8.25. The zero-order chi connectivity index (χ0) is 15.0. The van der Waals surface area contributed by atoms with Crippen LogP contribution in [-0.2, 0) is 21.1 Å². The molecule has 0 aliphatic carbocycles. The summed E-state index contributed by atoms with van der Waals surface area (Å²) in [6.45, 7) is 0.752. The van der Waals surface area contributed by atoms with Crippen molar-refractivity contribution in [2.45, 2.75) is 18.9 Å². The Kier molecular flexibility index (Phi) is 3.65. The first kappa shape index (κ1) is 14.4. The van der Waals surface area contributed by atoms with Gasteiger partial charge in [0, 0.05) is 19.3 Å². The van der Waals surface area contributed by atoms with Gasteiger partial charge in [-0.3, -0.25) is 4.79 Å². The Labute approximate surface area is 125 Å². The molecule has 2 aliphatic heterocycles. The Morgan fingerprint density at radius 2 is 2.10 bits per heavy atom. The van der Waals surface area contributed by atoms with Crippen molar-refractivity contribution in [2.24, 2.45) is 5.92 Å². The molecule has 1 aromatic rings. The molecule has 1 N–H and O–H groups in total. The summed E-state index contributed by atoms with van der Waals surface area (Å²) in [5, 5.41) is 3.02. The van der Waals surface area contributed by atoms with Crippen molar-refractivity contribution in [3.8, 4) is 0 Å². The number of nitrogens with zero attached hydrogens (tertiary/aromatic N) is 1. The first-order valence-corrected chi connectivity index (χ1v) is 9.06. The van der Waals surface area contributed by atoms with Gasteiger partial charge < -0.3 is 10.2 Å². The summed E-state index contributed by atoms with van der Waals surface area (Å²) in [6, 6.07) is 8.21. The van der Waals surface area contributed by atoms with Crippen molar-refractivity contribution in [3.63, 3.8) is 0 Å². The van der Waals surface area contributed by atoms with Crippen LogP contribution < -0.4 is 10.2 Å². The highest BCUT2D eigenvalue weighted by atomic mass is 32.2. The molecule has 21 heavy (non-hydrogen) atoms. The minimum Gasteiger partial charge on any atom is -0.372 e. The summed E-state index contributed by atoms with van der Waals surface area (Å²) >= 11 is 0. The standard InChI is InChI=1S/C15H20N2O3S/c1-17-9-13(8-11-4-2-3-5-14(11)17)16-15(18)12-6-7-21(19,20)10-12/h2-5,12-13H,6-10H2,1H3,(H,16,18)/t12-,13-/m0/s1. The maximum absolute atomic E-state index is 12.2. The number of anilines is 1. The molecule has 2 atom stereocenters. The third kappa shape index (κ3) is 3.05. The van der Waals surface area contributed by atoms with Crippen LogP contribution in [0.1, 0.15) is 12.0 Å². The molecule has 2 heterocycles. The maximum atomic E-state index is 12.2. The number of para-hydroxylation sites is 1. The molecule has 3 rings (SSSR count). The van der Waals surface area contributed by atoms with Gasteiger partial charge in [0.05, 0.1) is 23.5 Å². The van der Waals surface area contributed by atoms with Crippen LogP contribution in [0.4, 0.5) is 5.69 Å². The van der Waals surface area contributed by atoms with E-state index in [-0.39, 0.29) is 29.4 Å². The van der Waals surface area contributed by atoms with E-state index in [9.17, 15) is 13.2 Å². The summed E-state index contributed by atoms with van der Waals surface area (Å²) in [6.07, 6.45) is 1.25. The molecule has 114 valence electrons. The van der Waals surface area contributed by atoms with Crippen LogP contribution in [0.25, 0.3) is 0 Å². The van der Waals surface area contributed by atoms with Crippen LogP contribution >= 0.6 is 0 Å². The molecule has 5 nitrogen and oxygen atoms in total. The van der Waals surface area contributed by atoms with Crippen molar-refractivity contribution in [2.75, 3.05) is 30.0 Å². The second-order valence-electron chi connectivity index (χ2n) is 6.02. The number of carbonyl (C=O) groups is 1. The molecule has 1 amide bonds. The number of rotatable bonds is 2. The summed E-state index contributed by atoms with van der Waals surface area (Å²) in [5.41, 5.74) is 2.42. The van der Waals surface area contributed by atoms with E-state index in [1.165, 1.54) is 11.3 Å². The lowest BCUT2D eigenvalue weighted by Crippen LogP contribution is -2.48. The third-order valence-corrected chi connectivity index (χ3v) is 6.08. The van der Waals surface area contributed by atoms with E-state index in [0.29, 0.717) is 6.42 Å². The molecule has 0 bridgehead atoms. The highest BCUT2D eigenvalue weighted by Crippen LogP contribution is 2.26. The van der Waals surface area contributed by atoms with E-state index in [2.05, 4.69) is 22.3 Å². The molecule has 0 spiro atoms. The van der Waals surface area contributed by atoms with Crippen molar-refractivity contribution in [3.05, 3.63) is 29.8 Å². The van der Waals surface area contributed by atoms with E-state index in [1.54, 1.807) is 0 Å². The molecular formula is C15H20N2O3S. The Morgan fingerprint density at radius 3 is 2.81 bits per heavy atom. The van der Waals surface area contributed by atoms with Gasteiger partial charge in [-0.15, -0.1) is 0 Å². The number of benzene rings is 1. The molecule has 0 radical (unpaired) electrons. The zero-order valence-corrected chi connectivity index (χ0v) is 12.9. The number of nitrogens with one attached hydrogen (secondary N) is 1. The molecular weight excluding hydrogens is 288 g/mol. The molecule has 1 aromatic carbocycles. The van der Waals surface area contributed by atoms with Crippen LogP contribution in [0.5, 0.6) is 0 Å². The van der Waals surface area contributed by atoms with Crippen LogP contribution in [0, 0.1) is 5.92 Å². The minimum atomic E-state index is -3.01. The fourth-order valence-corrected chi connectivity index (χ4v) is 4.97. The van der Waals surface area contributed by atoms with Gasteiger partial charge in [0.2, 0.25) is 5.91 Å². The van der Waals surface area contributed by atoms with Gasteiger partial charge in [-0.25, -0.2) is 8.42 Å². The highest BCUT2D eigenvalue weighted by Gasteiger charge is 2.34. The Hall–Kier alpha value is -1.56. The van der Waals surface area contributed by atoms with E-state index < -0.39 is 9.84 Å². The van der Waals surface area contributed by atoms with Crippen molar-refractivity contribution >= 4 is 21.4 Å². The quantitative estimate of drug-likeness (QED) is 0.869. The number of hydrogen-bond acceptors (Lipinski definition) is 4. The van der Waals surface area contributed by atoms with Crippen molar-refractivity contribution < 1.29 is 13.2 Å².